The van der Waals surface area contributed by atoms with Crippen molar-refractivity contribution in [3.8, 4) is 0 Å². The zero-order valence-corrected chi connectivity index (χ0v) is 16.9. The van der Waals surface area contributed by atoms with Crippen LogP contribution in [0.5, 0.6) is 0 Å². The number of nitrogens with one attached hydrogen (secondary N) is 1. The molecule has 0 fully saturated rings. The van der Waals surface area contributed by atoms with E-state index in [9.17, 15) is 9.59 Å². The Labute approximate surface area is 160 Å². The Hall–Kier alpha value is -1.98. The molecular formula is C21H28N2O2S. The van der Waals surface area contributed by atoms with Gasteiger partial charge >= 0.3 is 0 Å². The molecule has 140 valence electrons. The molecule has 1 N–H and O–H groups in total. The molecule has 26 heavy (non-hydrogen) atoms. The first-order valence-electron chi connectivity index (χ1n) is 9.02. The number of rotatable bonds is 9. The van der Waals surface area contributed by atoms with Gasteiger partial charge in [0.1, 0.15) is 0 Å². The van der Waals surface area contributed by atoms with Crippen molar-refractivity contribution in [3.63, 3.8) is 0 Å². The number of ketones is 1. The number of hydrogen-bond acceptors (Lipinski definition) is 4. The molecule has 0 saturated carbocycles. The molecule has 1 amide bonds. The second kappa shape index (κ2) is 9.64. The van der Waals surface area contributed by atoms with Gasteiger partial charge in [-0.25, -0.2) is 0 Å². The molecule has 1 aromatic carbocycles. The van der Waals surface area contributed by atoms with Crippen molar-refractivity contribution in [2.24, 2.45) is 0 Å². The van der Waals surface area contributed by atoms with Gasteiger partial charge in [-0.2, -0.15) is 0 Å². The van der Waals surface area contributed by atoms with Gasteiger partial charge in [-0.3, -0.25) is 9.59 Å². The summed E-state index contributed by atoms with van der Waals surface area (Å²) in [5, 5.41) is 2.97. The van der Waals surface area contributed by atoms with Crippen molar-refractivity contribution < 1.29 is 9.59 Å². The largest absolute Gasteiger partial charge is 0.354 e. The van der Waals surface area contributed by atoms with E-state index in [0.29, 0.717) is 6.54 Å². The third-order valence-corrected chi connectivity index (χ3v) is 5.52. The Balaban J connectivity index is 1.85. The number of amides is 1. The second-order valence-electron chi connectivity index (χ2n) is 6.71. The molecule has 1 aromatic heterocycles. The third kappa shape index (κ3) is 5.78. The quantitative estimate of drug-likeness (QED) is 0.677. The first-order valence-corrected chi connectivity index (χ1v) is 9.84. The van der Waals surface area contributed by atoms with Crippen LogP contribution in [0.1, 0.15) is 51.5 Å². The average molecular weight is 373 g/mol. The monoisotopic (exact) mass is 372 g/mol. The number of carbonyl (C=O) groups excluding carboxylic acids is 2. The Morgan fingerprint density at radius 1 is 1.08 bits per heavy atom. The Morgan fingerprint density at radius 2 is 1.77 bits per heavy atom. The maximum atomic E-state index is 12.2. The molecule has 0 aliphatic heterocycles. The smallest absolute Gasteiger partial charge is 0.220 e. The second-order valence-corrected chi connectivity index (χ2v) is 8.00. The molecule has 0 unspecified atom stereocenters. The molecule has 2 rings (SSSR count). The van der Waals surface area contributed by atoms with Crippen molar-refractivity contribution in [2.45, 2.75) is 39.2 Å². The molecule has 2 aromatic rings. The summed E-state index contributed by atoms with van der Waals surface area (Å²) in [6.45, 7) is 4.64. The van der Waals surface area contributed by atoms with E-state index in [1.165, 1.54) is 22.5 Å². The molecule has 0 bridgehead atoms. The van der Waals surface area contributed by atoms with Crippen LogP contribution in [0.3, 0.4) is 0 Å². The number of nitrogens with zero attached hydrogens (tertiary/aromatic N) is 1. The first kappa shape index (κ1) is 20.3. The lowest BCUT2D eigenvalue weighted by molar-refractivity contribution is -0.121. The normalized spacial score (nSPS) is 12.2. The summed E-state index contributed by atoms with van der Waals surface area (Å²) < 4.78 is 0. The van der Waals surface area contributed by atoms with E-state index in [4.69, 9.17) is 0 Å². The van der Waals surface area contributed by atoms with Crippen molar-refractivity contribution in [2.75, 3.05) is 20.6 Å². The highest BCUT2D eigenvalue weighted by Crippen LogP contribution is 2.19. The van der Waals surface area contributed by atoms with Crippen molar-refractivity contribution >= 4 is 23.0 Å². The van der Waals surface area contributed by atoms with Crippen LogP contribution < -0.4 is 5.32 Å². The van der Waals surface area contributed by atoms with Crippen molar-refractivity contribution in [3.05, 3.63) is 57.3 Å². The van der Waals surface area contributed by atoms with Gasteiger partial charge in [0.2, 0.25) is 5.91 Å². The van der Waals surface area contributed by atoms with Crippen LogP contribution in [0.2, 0.25) is 0 Å². The number of aryl methyl sites for hydroxylation is 2. The van der Waals surface area contributed by atoms with Crippen LogP contribution in [-0.2, 0) is 11.2 Å². The lowest BCUT2D eigenvalue weighted by Gasteiger charge is -2.25. The molecule has 0 saturated heterocycles. The van der Waals surface area contributed by atoms with E-state index in [1.807, 2.05) is 33.2 Å². The molecule has 1 heterocycles. The number of benzene rings is 1. The summed E-state index contributed by atoms with van der Waals surface area (Å²) in [6.07, 6.45) is 1.50. The van der Waals surface area contributed by atoms with Gasteiger partial charge in [0.25, 0.3) is 0 Å². The predicted octanol–water partition coefficient (Wildman–Crippen LogP) is 4.00. The highest BCUT2D eigenvalue weighted by Gasteiger charge is 2.16. The Kier molecular flexibility index (Phi) is 7.54. The molecule has 0 spiro atoms. The number of likely N-dealkylation sites (N-methyl/N-ethyl adjacent to an activating group) is 1. The fraction of sp³-hybridized carbons (Fsp3) is 0.429. The van der Waals surface area contributed by atoms with Crippen molar-refractivity contribution in [1.82, 2.24) is 10.2 Å². The van der Waals surface area contributed by atoms with Crippen molar-refractivity contribution in [1.29, 1.82) is 0 Å². The summed E-state index contributed by atoms with van der Waals surface area (Å²) in [6, 6.07) is 12.4. The minimum absolute atomic E-state index is 0.0394. The SMILES string of the molecule is CCc1ccc([C@@H](CNC(=O)CCC(=O)c2ccc(C)s2)N(C)C)cc1. The Bertz CT molecular complexity index is 735. The fourth-order valence-corrected chi connectivity index (χ4v) is 3.64. The van der Waals surface area contributed by atoms with Crippen LogP contribution in [0.15, 0.2) is 36.4 Å². The van der Waals surface area contributed by atoms with E-state index in [-0.39, 0.29) is 30.6 Å². The van der Waals surface area contributed by atoms with Gasteiger partial charge < -0.3 is 10.2 Å². The lowest BCUT2D eigenvalue weighted by atomic mass is 10.0. The number of carbonyl (C=O) groups is 2. The maximum Gasteiger partial charge on any atom is 0.220 e. The zero-order chi connectivity index (χ0) is 19.1. The minimum Gasteiger partial charge on any atom is -0.354 e. The van der Waals surface area contributed by atoms with Gasteiger partial charge in [0, 0.05) is 24.3 Å². The Morgan fingerprint density at radius 3 is 2.31 bits per heavy atom. The first-order chi connectivity index (χ1) is 12.4. The van der Waals surface area contributed by atoms with Crippen LogP contribution >= 0.6 is 11.3 Å². The fourth-order valence-electron chi connectivity index (χ4n) is 2.81. The van der Waals surface area contributed by atoms with Crippen LogP contribution in [0.4, 0.5) is 0 Å². The van der Waals surface area contributed by atoms with Crippen LogP contribution in [0, 0.1) is 6.92 Å². The molecule has 0 radical (unpaired) electrons. The van der Waals surface area contributed by atoms with Gasteiger partial charge in [-0.05, 0) is 50.7 Å². The van der Waals surface area contributed by atoms with Crippen LogP contribution in [-0.4, -0.2) is 37.2 Å². The molecule has 0 aliphatic rings. The molecular weight excluding hydrogens is 344 g/mol. The van der Waals surface area contributed by atoms with Gasteiger partial charge in [0.05, 0.1) is 10.9 Å². The summed E-state index contributed by atoms with van der Waals surface area (Å²) in [7, 11) is 4.01. The maximum absolute atomic E-state index is 12.2. The summed E-state index contributed by atoms with van der Waals surface area (Å²) in [5.74, 6) is -0.0405. The van der Waals surface area contributed by atoms with Crippen LogP contribution in [0.25, 0.3) is 0 Å². The zero-order valence-electron chi connectivity index (χ0n) is 16.0. The summed E-state index contributed by atoms with van der Waals surface area (Å²) in [5.41, 5.74) is 2.48. The van der Waals surface area contributed by atoms with Gasteiger partial charge in [-0.15, -0.1) is 11.3 Å². The molecule has 0 aliphatic carbocycles. The minimum atomic E-state index is -0.0799. The van der Waals surface area contributed by atoms with E-state index in [1.54, 1.807) is 0 Å². The summed E-state index contributed by atoms with van der Waals surface area (Å²) in [4.78, 5) is 28.2. The highest BCUT2D eigenvalue weighted by atomic mass is 32.1. The van der Waals surface area contributed by atoms with Gasteiger partial charge in [-0.1, -0.05) is 31.2 Å². The highest BCUT2D eigenvalue weighted by molar-refractivity contribution is 7.14. The van der Waals surface area contributed by atoms with Gasteiger partial charge in [0.15, 0.2) is 5.78 Å². The number of hydrogen-bond donors (Lipinski definition) is 1. The van der Waals surface area contributed by atoms with E-state index >= 15 is 0 Å². The lowest BCUT2D eigenvalue weighted by Crippen LogP contribution is -2.34. The topological polar surface area (TPSA) is 49.4 Å². The number of thiophene rings is 1. The number of Topliss-reactive ketones (excluding diaryl/α,β-unsaturated/α-hetero) is 1. The van der Waals surface area contributed by atoms with E-state index < -0.39 is 0 Å². The third-order valence-electron chi connectivity index (χ3n) is 4.48. The summed E-state index contributed by atoms with van der Waals surface area (Å²) >= 11 is 1.48. The molecule has 5 heteroatoms. The predicted molar refractivity (Wildman–Crippen MR) is 108 cm³/mol. The molecule has 4 nitrogen and oxygen atoms in total. The van der Waals surface area contributed by atoms with E-state index in [0.717, 1.165) is 16.2 Å². The van der Waals surface area contributed by atoms with E-state index in [2.05, 4.69) is 41.4 Å². The standard InChI is InChI=1S/C21H28N2O2S/c1-5-16-7-9-17(10-8-16)18(23(3)4)14-22-21(25)13-11-19(24)20-12-6-15(2)26-20/h6-10,12,18H,5,11,13-14H2,1-4H3,(H,22,25)/t18-/m1/s1. The average Bonchev–Trinajstić information content (AvgIpc) is 3.06. The molecule has 1 atom stereocenters.